The molecule has 0 amide bonds. The summed E-state index contributed by atoms with van der Waals surface area (Å²) in [5.41, 5.74) is 0. The van der Waals surface area contributed by atoms with Crippen molar-refractivity contribution in [3.8, 4) is 0 Å². The molecule has 98 valence electrons. The Morgan fingerprint density at radius 2 is 1.59 bits per heavy atom. The SMILES string of the molecule is C(SCC1C[Se]C(CSCC2CS2)[Se]1)C1CS1. The maximum atomic E-state index is 2.26. The van der Waals surface area contributed by atoms with E-state index in [-0.39, 0.29) is 0 Å². The van der Waals surface area contributed by atoms with Gasteiger partial charge in [0.2, 0.25) is 0 Å². The second-order valence-corrected chi connectivity index (χ2v) is 16.6. The molecule has 17 heavy (non-hydrogen) atoms. The molecule has 0 aromatic rings. The summed E-state index contributed by atoms with van der Waals surface area (Å²) in [5, 5.41) is 3.70. The molecule has 3 heterocycles. The van der Waals surface area contributed by atoms with Crippen LogP contribution in [-0.4, -0.2) is 74.9 Å². The van der Waals surface area contributed by atoms with Crippen LogP contribution in [-0.2, 0) is 0 Å². The molecule has 4 unspecified atom stereocenters. The molecule has 3 saturated heterocycles. The molecule has 0 radical (unpaired) electrons. The Labute approximate surface area is 134 Å². The van der Waals surface area contributed by atoms with E-state index in [2.05, 4.69) is 47.0 Å². The monoisotopic (exact) mass is 438 g/mol. The molecule has 0 aromatic carbocycles. The zero-order chi connectivity index (χ0) is 11.5. The predicted octanol–water partition coefficient (Wildman–Crippen LogP) is 3.06. The minimum absolute atomic E-state index is 0.993. The molecule has 3 aliphatic rings. The van der Waals surface area contributed by atoms with Crippen molar-refractivity contribution < 1.29 is 0 Å². The zero-order valence-electron chi connectivity index (χ0n) is 9.71. The van der Waals surface area contributed by atoms with Gasteiger partial charge in [0, 0.05) is 0 Å². The molecule has 4 atom stereocenters. The molecule has 0 bridgehead atoms. The third-order valence-electron chi connectivity index (χ3n) is 2.78. The van der Waals surface area contributed by atoms with Gasteiger partial charge >= 0.3 is 136 Å². The maximum absolute atomic E-state index is 2.26. The molecule has 3 rings (SSSR count). The second-order valence-electron chi connectivity index (χ2n) is 4.51. The van der Waals surface area contributed by atoms with Crippen LogP contribution in [0.25, 0.3) is 0 Å². The molecule has 3 fully saturated rings. The van der Waals surface area contributed by atoms with Gasteiger partial charge in [0.25, 0.3) is 0 Å². The Balaban J connectivity index is 1.22. The van der Waals surface area contributed by atoms with Crippen LogP contribution in [0.3, 0.4) is 0 Å². The van der Waals surface area contributed by atoms with E-state index in [4.69, 9.17) is 0 Å². The van der Waals surface area contributed by atoms with E-state index in [9.17, 15) is 0 Å². The first-order valence-electron chi connectivity index (χ1n) is 6.06. The van der Waals surface area contributed by atoms with E-state index in [0.717, 1.165) is 45.2 Å². The van der Waals surface area contributed by atoms with Gasteiger partial charge in [0.1, 0.15) is 0 Å². The van der Waals surface area contributed by atoms with Gasteiger partial charge in [-0.05, 0) is 0 Å². The first kappa shape index (κ1) is 14.4. The summed E-state index contributed by atoms with van der Waals surface area (Å²) in [5.74, 6) is 8.81. The molecular formula is C11H18S4Se2. The van der Waals surface area contributed by atoms with Crippen molar-refractivity contribution >= 4 is 77.0 Å². The van der Waals surface area contributed by atoms with E-state index >= 15 is 0 Å². The van der Waals surface area contributed by atoms with Crippen LogP contribution in [0.15, 0.2) is 0 Å². The summed E-state index contributed by atoms with van der Waals surface area (Å²) < 4.78 is 1.18. The normalized spacial score (nSPS) is 39.5. The molecule has 6 heteroatoms. The molecule has 3 aliphatic heterocycles. The van der Waals surface area contributed by atoms with Gasteiger partial charge in [-0.3, -0.25) is 0 Å². The minimum atomic E-state index is 0.993. The van der Waals surface area contributed by atoms with Crippen LogP contribution in [0.2, 0.25) is 13.9 Å². The van der Waals surface area contributed by atoms with E-state index in [0.29, 0.717) is 0 Å². The first-order chi connectivity index (χ1) is 8.40. The summed E-state index contributed by atoms with van der Waals surface area (Å²) in [6.07, 6.45) is 0. The van der Waals surface area contributed by atoms with Gasteiger partial charge < -0.3 is 0 Å². The van der Waals surface area contributed by atoms with E-state index in [1.807, 2.05) is 0 Å². The number of hydrogen-bond donors (Lipinski definition) is 0. The molecule has 0 aromatic heterocycles. The second kappa shape index (κ2) is 7.45. The van der Waals surface area contributed by atoms with Crippen LogP contribution in [0.1, 0.15) is 0 Å². The number of rotatable bonds is 8. The van der Waals surface area contributed by atoms with Gasteiger partial charge in [0.05, 0.1) is 0 Å². The summed E-state index contributed by atoms with van der Waals surface area (Å²) in [7, 11) is 0. The fourth-order valence-electron chi connectivity index (χ4n) is 1.64. The van der Waals surface area contributed by atoms with E-state index in [1.54, 1.807) is 5.32 Å². The van der Waals surface area contributed by atoms with Crippen molar-refractivity contribution in [1.82, 2.24) is 0 Å². The van der Waals surface area contributed by atoms with Crippen LogP contribution < -0.4 is 0 Å². The summed E-state index contributed by atoms with van der Waals surface area (Å²) in [6.45, 7) is 0. The standard InChI is InChI=1S/C11H18S4Se2/c1(8-3-14-8)12-5-10-7-16-11(17-10)6-13-2-9-4-15-9/h8-11H,1-7H2. The Morgan fingerprint density at radius 1 is 0.941 bits per heavy atom. The van der Waals surface area contributed by atoms with Crippen molar-refractivity contribution in [2.75, 3.05) is 34.5 Å². The number of hydrogen-bond acceptors (Lipinski definition) is 4. The summed E-state index contributed by atoms with van der Waals surface area (Å²) in [6, 6.07) is 0. The molecule has 0 nitrogen and oxygen atoms in total. The molecule has 0 aliphatic carbocycles. The molecule has 0 spiro atoms. The van der Waals surface area contributed by atoms with Gasteiger partial charge in [-0.1, -0.05) is 0 Å². The van der Waals surface area contributed by atoms with Crippen molar-refractivity contribution in [2.45, 2.75) is 24.4 Å². The summed E-state index contributed by atoms with van der Waals surface area (Å²) in [4.78, 5) is 1.15. The Bertz CT molecular complexity index is 222. The summed E-state index contributed by atoms with van der Waals surface area (Å²) >= 11 is 10.8. The van der Waals surface area contributed by atoms with E-state index in [1.165, 1.54) is 38.2 Å². The predicted molar refractivity (Wildman–Crippen MR) is 91.0 cm³/mol. The fourth-order valence-corrected chi connectivity index (χ4v) is 16.9. The molecular weight excluding hydrogens is 418 g/mol. The van der Waals surface area contributed by atoms with Crippen molar-refractivity contribution in [1.29, 1.82) is 0 Å². The molecule has 0 saturated carbocycles. The first-order valence-corrected chi connectivity index (χ1v) is 14.6. The number of thioether (sulfide) groups is 4. The van der Waals surface area contributed by atoms with Gasteiger partial charge in [-0.15, -0.1) is 0 Å². The van der Waals surface area contributed by atoms with Crippen molar-refractivity contribution in [2.24, 2.45) is 0 Å². The van der Waals surface area contributed by atoms with Crippen LogP contribution >= 0.6 is 47.0 Å². The Hall–Kier alpha value is 2.44. The van der Waals surface area contributed by atoms with Crippen molar-refractivity contribution in [3.05, 3.63) is 0 Å². The average Bonchev–Trinajstić information content (AvgIpc) is 3.22. The third kappa shape index (κ3) is 5.75. The van der Waals surface area contributed by atoms with Crippen LogP contribution in [0, 0.1) is 0 Å². The van der Waals surface area contributed by atoms with Gasteiger partial charge in [0.15, 0.2) is 0 Å². The van der Waals surface area contributed by atoms with Crippen LogP contribution in [0.5, 0.6) is 0 Å². The quantitative estimate of drug-likeness (QED) is 0.424. The Morgan fingerprint density at radius 3 is 2.24 bits per heavy atom. The van der Waals surface area contributed by atoms with Crippen molar-refractivity contribution in [3.63, 3.8) is 0 Å². The van der Waals surface area contributed by atoms with Gasteiger partial charge in [-0.2, -0.15) is 0 Å². The zero-order valence-corrected chi connectivity index (χ0v) is 16.4. The third-order valence-corrected chi connectivity index (χ3v) is 17.7. The molecule has 0 N–H and O–H groups in total. The fraction of sp³-hybridized carbons (Fsp3) is 1.00. The van der Waals surface area contributed by atoms with Crippen LogP contribution in [0.4, 0.5) is 0 Å². The average molecular weight is 436 g/mol. The topological polar surface area (TPSA) is 0 Å². The van der Waals surface area contributed by atoms with E-state index < -0.39 is 0 Å². The van der Waals surface area contributed by atoms with Gasteiger partial charge in [-0.25, -0.2) is 0 Å². The Kier molecular flexibility index (Phi) is 6.30.